The minimum Gasteiger partial charge on any atom is -0.415 e. The summed E-state index contributed by atoms with van der Waals surface area (Å²) in [6, 6.07) is 0. The summed E-state index contributed by atoms with van der Waals surface area (Å²) in [6.07, 6.45) is 18.6. The predicted octanol–water partition coefficient (Wildman–Crippen LogP) is 3.11. The van der Waals surface area contributed by atoms with Gasteiger partial charge >= 0.3 is 7.12 Å². The molecule has 0 bridgehead atoms. The Bertz CT molecular complexity index is 332. The lowest BCUT2D eigenvalue weighted by atomic mass is 9.97. The van der Waals surface area contributed by atoms with Crippen LogP contribution in [0.1, 0.15) is 71.1 Å². The van der Waals surface area contributed by atoms with Crippen molar-refractivity contribution in [2.45, 2.75) is 71.1 Å². The Kier molecular flexibility index (Phi) is 14.9. The molecular formula is C17H34BN3O2. The van der Waals surface area contributed by atoms with E-state index in [4.69, 9.17) is 15.3 Å². The zero-order valence-corrected chi connectivity index (χ0v) is 15.0. The lowest BCUT2D eigenvalue weighted by molar-refractivity contribution is 0.290. The monoisotopic (exact) mass is 323 g/mol. The molecule has 0 aromatic carbocycles. The van der Waals surface area contributed by atoms with Crippen molar-refractivity contribution in [1.82, 2.24) is 9.80 Å². The van der Waals surface area contributed by atoms with E-state index in [9.17, 15) is 0 Å². The van der Waals surface area contributed by atoms with Crippen molar-refractivity contribution < 1.29 is 10.0 Å². The van der Waals surface area contributed by atoms with E-state index in [-0.39, 0.29) is 0 Å². The normalized spacial score (nSPS) is 12.8. The van der Waals surface area contributed by atoms with E-state index < -0.39 is 7.12 Å². The topological polar surface area (TPSA) is 70.7 Å². The third kappa shape index (κ3) is 15.5. The first-order valence-electron chi connectivity index (χ1n) is 8.98. The first-order valence-corrected chi connectivity index (χ1v) is 8.98. The summed E-state index contributed by atoms with van der Waals surface area (Å²) < 4.78 is 0. The molecule has 0 aromatic heterocycles. The van der Waals surface area contributed by atoms with Gasteiger partial charge in [0.2, 0.25) is 0 Å². The summed E-state index contributed by atoms with van der Waals surface area (Å²) in [5.74, 6) is 1.14. The fraction of sp³-hybridized carbons (Fsp3) is 0.824. The standard InChI is InChI=1S/C16H32N2.CH2BNO2/c1-3-4-5-6-7-8-9-10-11-12-13-18-15-14-17(2)16-18;3-1-2(4)5/h14-15H,3-13,16H2,1-2H3;4-5H. The largest absolute Gasteiger partial charge is 0.573 e. The molecule has 0 spiro atoms. The molecule has 6 heteroatoms. The van der Waals surface area contributed by atoms with Gasteiger partial charge in [-0.05, 0) is 6.42 Å². The average molecular weight is 323 g/mol. The highest BCUT2D eigenvalue weighted by Crippen LogP contribution is 2.11. The highest BCUT2D eigenvalue weighted by molar-refractivity contribution is 6.50. The Morgan fingerprint density at radius 1 is 0.957 bits per heavy atom. The number of unbranched alkanes of at least 4 members (excludes halogenated alkanes) is 9. The van der Waals surface area contributed by atoms with Crippen LogP contribution >= 0.6 is 0 Å². The van der Waals surface area contributed by atoms with E-state index in [1.54, 1.807) is 0 Å². The molecule has 1 aliphatic heterocycles. The Morgan fingerprint density at radius 2 is 1.43 bits per heavy atom. The summed E-state index contributed by atoms with van der Waals surface area (Å²) in [5.41, 5.74) is 0. The fourth-order valence-corrected chi connectivity index (χ4v) is 2.54. The molecule has 5 nitrogen and oxygen atoms in total. The third-order valence-electron chi connectivity index (χ3n) is 3.85. The van der Waals surface area contributed by atoms with Gasteiger partial charge in [-0.1, -0.05) is 64.7 Å². The minimum absolute atomic E-state index is 1.08. The van der Waals surface area contributed by atoms with Gasteiger partial charge < -0.3 is 19.8 Å². The Morgan fingerprint density at radius 3 is 1.83 bits per heavy atom. The van der Waals surface area contributed by atoms with Crippen LogP contribution in [-0.4, -0.2) is 47.2 Å². The van der Waals surface area contributed by atoms with Gasteiger partial charge in [-0.25, -0.2) is 5.26 Å². The molecule has 23 heavy (non-hydrogen) atoms. The zero-order chi connectivity index (χ0) is 17.3. The third-order valence-corrected chi connectivity index (χ3v) is 3.85. The first kappa shape index (κ1) is 21.8. The van der Waals surface area contributed by atoms with Crippen molar-refractivity contribution in [3.05, 3.63) is 12.4 Å². The van der Waals surface area contributed by atoms with Crippen LogP contribution in [0.5, 0.6) is 0 Å². The van der Waals surface area contributed by atoms with Gasteiger partial charge in [0.05, 0.1) is 12.6 Å². The summed E-state index contributed by atoms with van der Waals surface area (Å²) in [6.45, 7) is 4.60. The van der Waals surface area contributed by atoms with Crippen LogP contribution in [0.3, 0.4) is 0 Å². The van der Waals surface area contributed by atoms with E-state index in [1.165, 1.54) is 70.8 Å². The highest BCUT2D eigenvalue weighted by Gasteiger charge is 2.06. The van der Waals surface area contributed by atoms with Gasteiger partial charge in [0.25, 0.3) is 0 Å². The molecule has 0 unspecified atom stereocenters. The SMILES string of the molecule is CCCCCCCCCCCCN1C=CN(C)C1.N#CB(O)O. The van der Waals surface area contributed by atoms with Gasteiger partial charge in [-0.2, -0.15) is 0 Å². The highest BCUT2D eigenvalue weighted by atomic mass is 16.4. The van der Waals surface area contributed by atoms with Gasteiger partial charge in [-0.15, -0.1) is 0 Å². The second kappa shape index (κ2) is 15.7. The number of rotatable bonds is 11. The van der Waals surface area contributed by atoms with E-state index >= 15 is 0 Å². The molecule has 1 aliphatic rings. The summed E-state index contributed by atoms with van der Waals surface area (Å²) in [5, 5.41) is 22.5. The number of hydrogen-bond acceptors (Lipinski definition) is 5. The molecule has 132 valence electrons. The van der Waals surface area contributed by atoms with Gasteiger partial charge in [0, 0.05) is 26.0 Å². The molecule has 0 fully saturated rings. The lowest BCUT2D eigenvalue weighted by Gasteiger charge is -2.17. The number of hydrogen-bond donors (Lipinski definition) is 2. The molecule has 0 radical (unpaired) electrons. The van der Waals surface area contributed by atoms with Crippen LogP contribution in [0.2, 0.25) is 0 Å². The molecule has 0 saturated heterocycles. The fourth-order valence-electron chi connectivity index (χ4n) is 2.54. The average Bonchev–Trinajstić information content (AvgIpc) is 2.95. The van der Waals surface area contributed by atoms with Crippen molar-refractivity contribution in [2.75, 3.05) is 20.3 Å². The Balaban J connectivity index is 0.000000841. The van der Waals surface area contributed by atoms with Crippen molar-refractivity contribution in [2.24, 2.45) is 0 Å². The van der Waals surface area contributed by atoms with Crippen molar-refractivity contribution >= 4 is 7.12 Å². The molecule has 1 rings (SSSR count). The predicted molar refractivity (Wildman–Crippen MR) is 96.1 cm³/mol. The summed E-state index contributed by atoms with van der Waals surface area (Å²) in [4.78, 5) is 4.64. The van der Waals surface area contributed by atoms with Gasteiger partial charge in [0.15, 0.2) is 0 Å². The van der Waals surface area contributed by atoms with Crippen LogP contribution < -0.4 is 0 Å². The van der Waals surface area contributed by atoms with Crippen LogP contribution in [-0.2, 0) is 0 Å². The van der Waals surface area contributed by atoms with Crippen molar-refractivity contribution in [3.63, 3.8) is 0 Å². The molecule has 0 aliphatic carbocycles. The number of nitrogens with zero attached hydrogens (tertiary/aromatic N) is 3. The van der Waals surface area contributed by atoms with Crippen LogP contribution in [0.25, 0.3) is 0 Å². The van der Waals surface area contributed by atoms with Gasteiger partial charge in [-0.3, -0.25) is 0 Å². The summed E-state index contributed by atoms with van der Waals surface area (Å²) in [7, 11) is 0.324. The van der Waals surface area contributed by atoms with E-state index in [0.717, 1.165) is 12.6 Å². The summed E-state index contributed by atoms with van der Waals surface area (Å²) >= 11 is 0. The lowest BCUT2D eigenvalue weighted by Crippen LogP contribution is -2.23. The van der Waals surface area contributed by atoms with E-state index in [2.05, 4.69) is 36.2 Å². The molecule has 0 aromatic rings. The quantitative estimate of drug-likeness (QED) is 0.452. The zero-order valence-electron chi connectivity index (χ0n) is 15.0. The molecule has 0 saturated carbocycles. The maximum absolute atomic E-state index is 7.56. The van der Waals surface area contributed by atoms with Crippen molar-refractivity contribution in [1.29, 1.82) is 5.26 Å². The maximum Gasteiger partial charge on any atom is 0.573 e. The molecular weight excluding hydrogens is 289 g/mol. The molecule has 2 N–H and O–H groups in total. The smallest absolute Gasteiger partial charge is 0.415 e. The molecule has 0 atom stereocenters. The molecule has 0 amide bonds. The Hall–Kier alpha value is -1.19. The number of nitriles is 1. The van der Waals surface area contributed by atoms with Gasteiger partial charge in [0.1, 0.15) is 0 Å². The van der Waals surface area contributed by atoms with E-state index in [1.807, 2.05) is 0 Å². The second-order valence-electron chi connectivity index (χ2n) is 6.19. The van der Waals surface area contributed by atoms with Crippen molar-refractivity contribution in [3.8, 4) is 5.97 Å². The first-order chi connectivity index (χ1) is 11.1. The van der Waals surface area contributed by atoms with Crippen LogP contribution in [0.15, 0.2) is 12.4 Å². The second-order valence-corrected chi connectivity index (χ2v) is 6.19. The van der Waals surface area contributed by atoms with Crippen LogP contribution in [0.4, 0.5) is 0 Å². The Labute approximate surface area is 142 Å². The van der Waals surface area contributed by atoms with Crippen LogP contribution in [0, 0.1) is 11.2 Å². The maximum atomic E-state index is 7.56. The van der Waals surface area contributed by atoms with E-state index in [0.29, 0.717) is 0 Å². The molecule has 1 heterocycles. The minimum atomic E-state index is -1.81.